The second-order valence-electron chi connectivity index (χ2n) is 19.0. The standard InChI is InChI=1S/C72H51N3/c1-6-18-52(19-7-1)55-34-41-64(42-35-55)73(62-24-12-4-13-25-62)67-48-61(49-68(51-67)74(63-26-14-5-15-27-63)65-43-36-56(37-44-65)53-20-8-2-9-21-53)59-32-30-58(31-33-59)60-40-47-72-70(50-60)69-28-16-17-29-71(69)75(72)66-45-38-57(39-46-66)54-22-10-3-11-23-54/h1-51H. The van der Waals surface area contributed by atoms with E-state index in [1.54, 1.807) is 0 Å². The van der Waals surface area contributed by atoms with E-state index in [9.17, 15) is 0 Å². The monoisotopic (exact) mass is 957 g/mol. The van der Waals surface area contributed by atoms with Crippen LogP contribution in [0.15, 0.2) is 309 Å². The van der Waals surface area contributed by atoms with Gasteiger partial charge in [-0.25, -0.2) is 0 Å². The number of para-hydroxylation sites is 3. The molecule has 12 aromatic carbocycles. The minimum atomic E-state index is 1.05. The highest BCUT2D eigenvalue weighted by molar-refractivity contribution is 6.10. The number of rotatable bonds is 12. The maximum absolute atomic E-state index is 2.39. The van der Waals surface area contributed by atoms with E-state index < -0.39 is 0 Å². The van der Waals surface area contributed by atoms with Gasteiger partial charge in [-0.3, -0.25) is 0 Å². The lowest BCUT2D eigenvalue weighted by molar-refractivity contribution is 1.18. The Morgan fingerprint density at radius 2 is 0.507 bits per heavy atom. The fraction of sp³-hybridized carbons (Fsp3) is 0. The molecule has 0 atom stereocenters. The van der Waals surface area contributed by atoms with Gasteiger partial charge in [-0.1, -0.05) is 212 Å². The van der Waals surface area contributed by atoms with Crippen molar-refractivity contribution in [2.45, 2.75) is 0 Å². The molecular formula is C72H51N3. The largest absolute Gasteiger partial charge is 0.310 e. The molecule has 0 amide bonds. The first kappa shape index (κ1) is 44.9. The Bertz CT molecular complexity index is 3900. The number of anilines is 6. The van der Waals surface area contributed by atoms with Crippen LogP contribution in [-0.2, 0) is 0 Å². The first-order chi connectivity index (χ1) is 37.2. The molecule has 0 saturated heterocycles. The SMILES string of the molecule is c1ccc(-c2ccc(N(c3ccccc3)c3cc(-c4ccc(-c5ccc6c(c5)c5ccccc5n6-c5ccc(-c6ccccc6)cc5)cc4)cc(N(c4ccccc4)c4ccc(-c5ccccc5)cc4)c3)cc2)cc1. The maximum atomic E-state index is 2.39. The van der Waals surface area contributed by atoms with E-state index in [1.165, 1.54) is 60.8 Å². The lowest BCUT2D eigenvalue weighted by Crippen LogP contribution is -2.13. The van der Waals surface area contributed by atoms with Crippen LogP contribution in [0.3, 0.4) is 0 Å². The molecule has 0 spiro atoms. The van der Waals surface area contributed by atoms with Gasteiger partial charge in [0.15, 0.2) is 0 Å². The molecule has 1 heterocycles. The van der Waals surface area contributed by atoms with Crippen molar-refractivity contribution in [2.75, 3.05) is 9.80 Å². The van der Waals surface area contributed by atoms with Gasteiger partial charge in [0.2, 0.25) is 0 Å². The normalized spacial score (nSPS) is 11.2. The van der Waals surface area contributed by atoms with Crippen molar-refractivity contribution in [2.24, 2.45) is 0 Å². The second-order valence-corrected chi connectivity index (χ2v) is 19.0. The van der Waals surface area contributed by atoms with Crippen molar-refractivity contribution in [3.63, 3.8) is 0 Å². The van der Waals surface area contributed by atoms with Crippen molar-refractivity contribution in [1.29, 1.82) is 0 Å². The summed E-state index contributed by atoms with van der Waals surface area (Å²) in [5.74, 6) is 0. The molecule has 75 heavy (non-hydrogen) atoms. The minimum Gasteiger partial charge on any atom is -0.310 e. The summed E-state index contributed by atoms with van der Waals surface area (Å²) in [5.41, 5.74) is 21.6. The van der Waals surface area contributed by atoms with Crippen LogP contribution < -0.4 is 9.80 Å². The van der Waals surface area contributed by atoms with Crippen LogP contribution in [0.4, 0.5) is 34.1 Å². The van der Waals surface area contributed by atoms with Gasteiger partial charge < -0.3 is 14.4 Å². The number of hydrogen-bond donors (Lipinski definition) is 0. The highest BCUT2D eigenvalue weighted by atomic mass is 15.2. The zero-order chi connectivity index (χ0) is 49.9. The van der Waals surface area contributed by atoms with Crippen LogP contribution in [0, 0.1) is 0 Å². The third-order valence-electron chi connectivity index (χ3n) is 14.4. The first-order valence-electron chi connectivity index (χ1n) is 25.6. The van der Waals surface area contributed by atoms with Crippen molar-refractivity contribution < 1.29 is 0 Å². The van der Waals surface area contributed by atoms with Crippen molar-refractivity contribution in [3.8, 4) is 61.3 Å². The van der Waals surface area contributed by atoms with E-state index in [-0.39, 0.29) is 0 Å². The highest BCUT2D eigenvalue weighted by Crippen LogP contribution is 2.44. The summed E-state index contributed by atoms with van der Waals surface area (Å²) < 4.78 is 2.39. The smallest absolute Gasteiger partial charge is 0.0541 e. The lowest BCUT2D eigenvalue weighted by Gasteiger charge is -2.30. The number of fused-ring (bicyclic) bond motifs is 3. The third kappa shape index (κ3) is 8.94. The van der Waals surface area contributed by atoms with Gasteiger partial charge in [0, 0.05) is 50.6 Å². The molecule has 0 aliphatic rings. The second kappa shape index (κ2) is 19.9. The Hall–Kier alpha value is -9.96. The number of benzene rings is 12. The molecule has 0 unspecified atom stereocenters. The van der Waals surface area contributed by atoms with E-state index in [2.05, 4.69) is 324 Å². The van der Waals surface area contributed by atoms with Crippen LogP contribution >= 0.6 is 0 Å². The molecule has 0 fully saturated rings. The summed E-state index contributed by atoms with van der Waals surface area (Å²) in [6, 6.07) is 112. The quantitative estimate of drug-likeness (QED) is 0.121. The van der Waals surface area contributed by atoms with Gasteiger partial charge in [-0.2, -0.15) is 0 Å². The Morgan fingerprint density at radius 3 is 0.973 bits per heavy atom. The van der Waals surface area contributed by atoms with Crippen LogP contribution in [0.25, 0.3) is 83.1 Å². The van der Waals surface area contributed by atoms with E-state index in [0.717, 1.165) is 56.5 Å². The van der Waals surface area contributed by atoms with E-state index >= 15 is 0 Å². The number of nitrogens with zero attached hydrogens (tertiary/aromatic N) is 3. The summed E-state index contributed by atoms with van der Waals surface area (Å²) in [4.78, 5) is 4.75. The summed E-state index contributed by atoms with van der Waals surface area (Å²) in [7, 11) is 0. The van der Waals surface area contributed by atoms with E-state index in [0.29, 0.717) is 0 Å². The Morgan fingerprint density at radius 1 is 0.187 bits per heavy atom. The maximum Gasteiger partial charge on any atom is 0.0541 e. The average Bonchev–Trinajstić information content (AvgIpc) is 3.83. The zero-order valence-corrected chi connectivity index (χ0v) is 41.3. The third-order valence-corrected chi connectivity index (χ3v) is 14.4. The fourth-order valence-corrected chi connectivity index (χ4v) is 10.7. The fourth-order valence-electron chi connectivity index (χ4n) is 10.7. The zero-order valence-electron chi connectivity index (χ0n) is 41.3. The minimum absolute atomic E-state index is 1.05. The molecule has 0 saturated carbocycles. The van der Waals surface area contributed by atoms with Gasteiger partial charge in [0.05, 0.1) is 11.0 Å². The Kier molecular flexibility index (Phi) is 11.9. The molecule has 0 aliphatic carbocycles. The lowest BCUT2D eigenvalue weighted by atomic mass is 9.97. The molecule has 1 aromatic heterocycles. The highest BCUT2D eigenvalue weighted by Gasteiger charge is 2.21. The van der Waals surface area contributed by atoms with Gasteiger partial charge in [0.25, 0.3) is 0 Å². The van der Waals surface area contributed by atoms with Gasteiger partial charge in [-0.15, -0.1) is 0 Å². The molecule has 13 aromatic rings. The Balaban J connectivity index is 0.924. The van der Waals surface area contributed by atoms with Crippen LogP contribution in [-0.4, -0.2) is 4.57 Å². The van der Waals surface area contributed by atoms with E-state index in [1.807, 2.05) is 0 Å². The molecule has 0 N–H and O–H groups in total. The molecule has 3 nitrogen and oxygen atoms in total. The summed E-state index contributed by atoms with van der Waals surface area (Å²) >= 11 is 0. The van der Waals surface area contributed by atoms with Crippen LogP contribution in [0.1, 0.15) is 0 Å². The number of hydrogen-bond acceptors (Lipinski definition) is 2. The van der Waals surface area contributed by atoms with Crippen LogP contribution in [0.2, 0.25) is 0 Å². The van der Waals surface area contributed by atoms with Crippen molar-refractivity contribution >= 4 is 55.9 Å². The predicted octanol–water partition coefficient (Wildman–Crippen LogP) is 20.1. The number of aromatic nitrogens is 1. The van der Waals surface area contributed by atoms with Gasteiger partial charge in [0.1, 0.15) is 0 Å². The molecule has 0 bridgehead atoms. The molecule has 354 valence electrons. The van der Waals surface area contributed by atoms with Crippen LogP contribution in [0.5, 0.6) is 0 Å². The molecule has 13 rings (SSSR count). The van der Waals surface area contributed by atoms with Gasteiger partial charge in [-0.05, 0) is 153 Å². The van der Waals surface area contributed by atoms with E-state index in [4.69, 9.17) is 0 Å². The topological polar surface area (TPSA) is 11.4 Å². The molecule has 0 aliphatic heterocycles. The van der Waals surface area contributed by atoms with Gasteiger partial charge >= 0.3 is 0 Å². The molecular weight excluding hydrogens is 907 g/mol. The summed E-state index contributed by atoms with van der Waals surface area (Å²) in [5, 5.41) is 2.46. The first-order valence-corrected chi connectivity index (χ1v) is 25.6. The van der Waals surface area contributed by atoms with Crippen molar-refractivity contribution in [3.05, 3.63) is 309 Å². The van der Waals surface area contributed by atoms with Crippen molar-refractivity contribution in [1.82, 2.24) is 4.57 Å². The predicted molar refractivity (Wildman–Crippen MR) is 317 cm³/mol. The summed E-state index contributed by atoms with van der Waals surface area (Å²) in [6.07, 6.45) is 0. The Labute approximate surface area is 438 Å². The summed E-state index contributed by atoms with van der Waals surface area (Å²) in [6.45, 7) is 0. The molecule has 3 heteroatoms. The molecule has 0 radical (unpaired) electrons. The average molecular weight is 958 g/mol.